The van der Waals surface area contributed by atoms with Gasteiger partial charge in [0.15, 0.2) is 0 Å². The zero-order valence-electron chi connectivity index (χ0n) is 22.5. The minimum absolute atomic E-state index is 0.0748. The van der Waals surface area contributed by atoms with Gasteiger partial charge in [-0.25, -0.2) is 17.8 Å². The first-order chi connectivity index (χ1) is 19.2. The third-order valence-corrected chi connectivity index (χ3v) is 9.91. The fourth-order valence-corrected chi connectivity index (χ4v) is 7.27. The van der Waals surface area contributed by atoms with Crippen LogP contribution in [0.15, 0.2) is 65.7 Å². The summed E-state index contributed by atoms with van der Waals surface area (Å²) < 4.78 is 47.9. The van der Waals surface area contributed by atoms with Gasteiger partial charge in [0.25, 0.3) is 5.91 Å². The molecular weight excluding hydrogens is 555 g/mol. The monoisotopic (exact) mass is 586 g/mol. The maximum absolute atomic E-state index is 13.6. The molecule has 212 valence electrons. The number of anilines is 1. The molecule has 2 aromatic carbocycles. The van der Waals surface area contributed by atoms with Crippen LogP contribution >= 0.6 is 11.6 Å². The number of benzene rings is 2. The number of pyridine rings is 1. The molecule has 0 unspecified atom stereocenters. The molecule has 1 aromatic heterocycles. The van der Waals surface area contributed by atoms with Crippen LogP contribution in [-0.4, -0.2) is 66.8 Å². The lowest BCUT2D eigenvalue weighted by molar-refractivity contribution is 0.0717. The smallest absolute Gasteiger partial charge is 0.255 e. The van der Waals surface area contributed by atoms with Gasteiger partial charge in [0.05, 0.1) is 16.8 Å². The molecule has 0 N–H and O–H groups in total. The van der Waals surface area contributed by atoms with Crippen molar-refractivity contribution in [2.75, 3.05) is 31.1 Å². The number of nitrogens with zero attached hydrogens (tertiary/aromatic N) is 4. The number of carbonyl (C=O) groups excluding carboxylic acids is 1. The van der Waals surface area contributed by atoms with Gasteiger partial charge in [-0.05, 0) is 42.7 Å². The van der Waals surface area contributed by atoms with Gasteiger partial charge < -0.3 is 14.5 Å². The van der Waals surface area contributed by atoms with Crippen molar-refractivity contribution in [1.82, 2.24) is 14.2 Å². The van der Waals surface area contributed by atoms with E-state index in [2.05, 4.69) is 9.88 Å². The van der Waals surface area contributed by atoms with E-state index in [1.807, 2.05) is 30.3 Å². The van der Waals surface area contributed by atoms with E-state index < -0.39 is 15.8 Å². The number of piperazine rings is 1. The number of halogens is 2. The zero-order chi connectivity index (χ0) is 28.4. The number of likely N-dealkylation sites (tertiary alicyclic amines) is 1. The highest BCUT2D eigenvalue weighted by atomic mass is 35.5. The Labute approximate surface area is 239 Å². The third-order valence-electron chi connectivity index (χ3n) is 7.58. The van der Waals surface area contributed by atoms with Crippen LogP contribution in [0.1, 0.15) is 42.6 Å². The van der Waals surface area contributed by atoms with E-state index in [1.165, 1.54) is 22.6 Å². The van der Waals surface area contributed by atoms with Crippen LogP contribution < -0.4 is 9.64 Å². The van der Waals surface area contributed by atoms with E-state index in [9.17, 15) is 17.6 Å². The summed E-state index contributed by atoms with van der Waals surface area (Å²) in [6, 6.07) is 15.0. The first kappa shape index (κ1) is 28.3. The van der Waals surface area contributed by atoms with Crippen LogP contribution in [-0.2, 0) is 16.6 Å². The van der Waals surface area contributed by atoms with Crippen molar-refractivity contribution in [3.05, 3.63) is 82.8 Å². The first-order valence-electron chi connectivity index (χ1n) is 13.4. The molecule has 2 aliphatic rings. The Balaban J connectivity index is 1.47. The molecule has 0 spiro atoms. The predicted molar refractivity (Wildman–Crippen MR) is 152 cm³/mol. The summed E-state index contributed by atoms with van der Waals surface area (Å²) in [7, 11) is -3.75. The Hall–Kier alpha value is -3.21. The Bertz CT molecular complexity index is 1470. The molecule has 2 atom stereocenters. The van der Waals surface area contributed by atoms with Gasteiger partial charge in [0.2, 0.25) is 15.9 Å². The summed E-state index contributed by atoms with van der Waals surface area (Å²) in [5, 5.41) is 0.0786. The van der Waals surface area contributed by atoms with Gasteiger partial charge in [0.1, 0.15) is 23.0 Å². The summed E-state index contributed by atoms with van der Waals surface area (Å²) in [6.45, 7) is 5.39. The van der Waals surface area contributed by atoms with Crippen molar-refractivity contribution >= 4 is 33.2 Å². The quantitative estimate of drug-likeness (QED) is 0.352. The van der Waals surface area contributed by atoms with Gasteiger partial charge in [-0.3, -0.25) is 4.79 Å². The minimum atomic E-state index is -3.75. The van der Waals surface area contributed by atoms with Crippen molar-refractivity contribution in [1.29, 1.82) is 0 Å². The molecule has 0 aliphatic carbocycles. The Kier molecular flexibility index (Phi) is 8.30. The van der Waals surface area contributed by atoms with Crippen molar-refractivity contribution in [2.45, 2.75) is 50.3 Å². The van der Waals surface area contributed by atoms with E-state index in [4.69, 9.17) is 16.3 Å². The lowest BCUT2D eigenvalue weighted by atomic mass is 10.1. The fourth-order valence-electron chi connectivity index (χ4n) is 5.59. The number of ether oxygens (including phenoxy) is 1. The average Bonchev–Trinajstić information content (AvgIpc) is 3.20. The van der Waals surface area contributed by atoms with Gasteiger partial charge in [-0.1, -0.05) is 55.8 Å². The maximum atomic E-state index is 13.6. The summed E-state index contributed by atoms with van der Waals surface area (Å²) in [5.74, 6) is -0.403. The number of hydrogen-bond donors (Lipinski definition) is 0. The summed E-state index contributed by atoms with van der Waals surface area (Å²) >= 11 is 6.19. The predicted octanol–water partition coefficient (Wildman–Crippen LogP) is 4.98. The van der Waals surface area contributed by atoms with Gasteiger partial charge in [0, 0.05) is 38.3 Å². The van der Waals surface area contributed by atoms with Gasteiger partial charge in [-0.15, -0.1) is 0 Å². The molecule has 5 rings (SSSR count). The van der Waals surface area contributed by atoms with E-state index in [1.54, 1.807) is 24.8 Å². The first-order valence-corrected chi connectivity index (χ1v) is 15.2. The average molecular weight is 587 g/mol. The highest BCUT2D eigenvalue weighted by Gasteiger charge is 2.43. The van der Waals surface area contributed by atoms with Crippen molar-refractivity contribution in [3.8, 4) is 5.88 Å². The number of rotatable bonds is 9. The molecule has 0 saturated carbocycles. The van der Waals surface area contributed by atoms with Crippen molar-refractivity contribution in [3.63, 3.8) is 0 Å². The molecule has 8 nitrogen and oxygen atoms in total. The van der Waals surface area contributed by atoms with E-state index >= 15 is 0 Å². The maximum Gasteiger partial charge on any atom is 0.255 e. The molecular formula is C29H32ClFN4O4S. The number of hydrogen-bond acceptors (Lipinski definition) is 6. The van der Waals surface area contributed by atoms with Crippen molar-refractivity contribution in [2.24, 2.45) is 0 Å². The molecule has 1 amide bonds. The van der Waals surface area contributed by atoms with Crippen LogP contribution in [0.4, 0.5) is 10.1 Å². The zero-order valence-corrected chi connectivity index (χ0v) is 24.0. The SMILES string of the molecule is CCN(CC)S(=O)(=O)c1cnc(OCc2ccccc2)c(N2[C@@H]3CC[C@H]2CN(C(=O)c2ccc(F)cc2Cl)C3)c1. The molecule has 2 fully saturated rings. The molecule has 11 heteroatoms. The normalized spacial score (nSPS) is 18.8. The standard InChI is InChI=1S/C29H32ClFN4O4S/c1-3-34(4-2)40(37,38)24-15-27(28(32-16-24)39-19-20-8-6-5-7-9-20)35-22-11-12-23(35)18-33(17-22)29(36)25-13-10-21(31)14-26(25)30/h5-10,13-16,22-23H,3-4,11-12,17-19H2,1-2H3/t22-,23+. The second-order valence-electron chi connectivity index (χ2n) is 9.99. The van der Waals surface area contributed by atoms with E-state index in [0.29, 0.717) is 37.7 Å². The third kappa shape index (κ3) is 5.53. The molecule has 40 heavy (non-hydrogen) atoms. The van der Waals surface area contributed by atoms with Gasteiger partial charge in [-0.2, -0.15) is 4.31 Å². The lowest BCUT2D eigenvalue weighted by Crippen LogP contribution is -2.55. The molecule has 2 saturated heterocycles. The summed E-state index contributed by atoms with van der Waals surface area (Å²) in [5.41, 5.74) is 1.82. The summed E-state index contributed by atoms with van der Waals surface area (Å²) in [6.07, 6.45) is 2.99. The number of sulfonamides is 1. The number of aromatic nitrogens is 1. The number of carbonyl (C=O) groups is 1. The van der Waals surface area contributed by atoms with Crippen LogP contribution in [0.2, 0.25) is 5.02 Å². The van der Waals surface area contributed by atoms with Crippen LogP contribution in [0.3, 0.4) is 0 Å². The second kappa shape index (κ2) is 11.7. The van der Waals surface area contributed by atoms with Crippen LogP contribution in [0.25, 0.3) is 0 Å². The number of fused-ring (bicyclic) bond motifs is 2. The molecule has 2 aliphatic heterocycles. The topological polar surface area (TPSA) is 83.1 Å². The van der Waals surface area contributed by atoms with Crippen LogP contribution in [0, 0.1) is 5.82 Å². The Morgan fingerprint density at radius 2 is 1.75 bits per heavy atom. The van der Waals surface area contributed by atoms with E-state index in [-0.39, 0.29) is 40.1 Å². The largest absolute Gasteiger partial charge is 0.471 e. The van der Waals surface area contributed by atoms with Crippen molar-refractivity contribution < 1.29 is 22.3 Å². The van der Waals surface area contributed by atoms with Gasteiger partial charge >= 0.3 is 0 Å². The molecule has 3 aromatic rings. The highest BCUT2D eigenvalue weighted by Crippen LogP contribution is 2.41. The molecule has 3 heterocycles. The van der Waals surface area contributed by atoms with Crippen LogP contribution in [0.5, 0.6) is 5.88 Å². The highest BCUT2D eigenvalue weighted by molar-refractivity contribution is 7.89. The Morgan fingerprint density at radius 1 is 1.07 bits per heavy atom. The Morgan fingerprint density at radius 3 is 2.38 bits per heavy atom. The number of amides is 1. The molecule has 2 bridgehead atoms. The van der Waals surface area contributed by atoms with E-state index in [0.717, 1.165) is 24.5 Å². The summed E-state index contributed by atoms with van der Waals surface area (Å²) in [4.78, 5) is 21.8. The fraction of sp³-hybridized carbons (Fsp3) is 0.379. The molecule has 0 radical (unpaired) electrons. The second-order valence-corrected chi connectivity index (χ2v) is 12.3. The minimum Gasteiger partial charge on any atom is -0.471 e. The lowest BCUT2D eigenvalue weighted by Gasteiger charge is -2.42.